The Morgan fingerprint density at radius 1 is 0.610 bits per heavy atom. The first-order chi connectivity index (χ1) is 19.4. The Hall–Kier alpha value is -2.35. The fourth-order valence-corrected chi connectivity index (χ4v) is 4.20. The van der Waals surface area contributed by atoms with Crippen LogP contribution in [0, 0.1) is 0 Å². The maximum atomic E-state index is 11.7. The number of phosphoric ester groups is 1. The molecule has 0 radical (unpaired) electrons. The SMILES string of the molecule is CCOCC.O=P(O)(O)Oc1ccc(/C=C/c2ccccc2)c(/C=C/c2ccccc2)c1/C=C/c1ccccc1.[H-].[K+]. The zero-order valence-electron chi connectivity index (χ0n) is 24.8. The summed E-state index contributed by atoms with van der Waals surface area (Å²) < 4.78 is 21.7. The number of ether oxygens (including phenoxy) is 1. The molecule has 0 aliphatic rings. The molecular weight excluding hydrogens is 558 g/mol. The van der Waals surface area contributed by atoms with Crippen LogP contribution in [0.2, 0.25) is 0 Å². The molecule has 0 aliphatic heterocycles. The van der Waals surface area contributed by atoms with Crippen molar-refractivity contribution in [1.29, 1.82) is 0 Å². The molecular formula is C34H36KO5P. The van der Waals surface area contributed by atoms with Crippen LogP contribution in [0.3, 0.4) is 0 Å². The molecule has 0 aromatic heterocycles. The van der Waals surface area contributed by atoms with Crippen LogP contribution in [-0.4, -0.2) is 23.0 Å². The van der Waals surface area contributed by atoms with Crippen molar-refractivity contribution in [2.24, 2.45) is 0 Å². The third-order valence-corrected chi connectivity index (χ3v) is 6.08. The molecule has 0 saturated heterocycles. The minimum absolute atomic E-state index is 0. The zero-order valence-corrected chi connectivity index (χ0v) is 27.8. The van der Waals surface area contributed by atoms with Crippen molar-refractivity contribution in [3.05, 3.63) is 137 Å². The van der Waals surface area contributed by atoms with Gasteiger partial charge in [0.05, 0.1) is 0 Å². The van der Waals surface area contributed by atoms with Crippen LogP contribution in [0.15, 0.2) is 103 Å². The first-order valence-corrected chi connectivity index (χ1v) is 14.6. The van der Waals surface area contributed by atoms with Crippen molar-refractivity contribution in [3.8, 4) is 5.75 Å². The number of phosphoric acid groups is 1. The van der Waals surface area contributed by atoms with E-state index in [1.165, 1.54) is 0 Å². The van der Waals surface area contributed by atoms with Crippen molar-refractivity contribution in [2.75, 3.05) is 13.2 Å². The minimum atomic E-state index is -4.76. The summed E-state index contributed by atoms with van der Waals surface area (Å²) in [4.78, 5) is 19.1. The number of hydrogen-bond donors (Lipinski definition) is 2. The van der Waals surface area contributed by atoms with E-state index in [0.717, 1.165) is 41.0 Å². The van der Waals surface area contributed by atoms with Gasteiger partial charge in [-0.15, -0.1) is 0 Å². The largest absolute Gasteiger partial charge is 1.00 e. The van der Waals surface area contributed by atoms with Gasteiger partial charge >= 0.3 is 59.2 Å². The van der Waals surface area contributed by atoms with Crippen LogP contribution < -0.4 is 55.9 Å². The standard InChI is InChI=1S/C30H25O4P.C4H10O.K.H/c31-35(32,33)34-30-23-20-27(19-16-24-10-4-1-5-11-24)28(21-17-25-12-6-2-7-13-25)29(30)22-18-26-14-8-3-9-15-26;1-3-5-4-2;;/h1-23H,(H2,31,32,33);3-4H2,1-2H3;;/q;;+1;-1/b19-16+,21-17+,22-18+;;;. The quantitative estimate of drug-likeness (QED) is 0.137. The molecule has 4 rings (SSSR count). The molecule has 208 valence electrons. The monoisotopic (exact) mass is 594 g/mol. The molecule has 0 bridgehead atoms. The Morgan fingerprint density at radius 3 is 1.41 bits per heavy atom. The molecule has 0 spiro atoms. The smallest absolute Gasteiger partial charge is 1.00 e. The van der Waals surface area contributed by atoms with Gasteiger partial charge in [0, 0.05) is 18.8 Å². The van der Waals surface area contributed by atoms with Crippen molar-refractivity contribution in [1.82, 2.24) is 0 Å². The first kappa shape index (κ1) is 34.8. The summed E-state index contributed by atoms with van der Waals surface area (Å²) in [7, 11) is -4.76. The Labute approximate surface area is 287 Å². The summed E-state index contributed by atoms with van der Waals surface area (Å²) in [5.41, 5.74) is 5.23. The second-order valence-corrected chi connectivity index (χ2v) is 9.74. The Bertz CT molecular complexity index is 1450. The summed E-state index contributed by atoms with van der Waals surface area (Å²) in [5, 5.41) is 0. The zero-order chi connectivity index (χ0) is 28.6. The average molecular weight is 595 g/mol. The van der Waals surface area contributed by atoms with Crippen molar-refractivity contribution in [2.45, 2.75) is 13.8 Å². The van der Waals surface area contributed by atoms with Gasteiger partial charge in [-0.2, -0.15) is 0 Å². The number of rotatable bonds is 10. The maximum Gasteiger partial charge on any atom is 1.00 e. The molecule has 0 atom stereocenters. The molecule has 7 heteroatoms. The molecule has 5 nitrogen and oxygen atoms in total. The summed E-state index contributed by atoms with van der Waals surface area (Å²) >= 11 is 0. The molecule has 4 aromatic carbocycles. The second kappa shape index (κ2) is 19.0. The normalized spacial score (nSPS) is 11.3. The summed E-state index contributed by atoms with van der Waals surface area (Å²) in [6.45, 7) is 5.67. The van der Waals surface area contributed by atoms with E-state index in [1.807, 2.05) is 141 Å². The van der Waals surface area contributed by atoms with Crippen molar-refractivity contribution >= 4 is 44.3 Å². The molecule has 4 aromatic rings. The molecule has 0 heterocycles. The predicted molar refractivity (Wildman–Crippen MR) is 169 cm³/mol. The van der Waals surface area contributed by atoms with Crippen molar-refractivity contribution < 1.29 is 76.4 Å². The van der Waals surface area contributed by atoms with E-state index in [1.54, 1.807) is 12.1 Å². The fraction of sp³-hybridized carbons (Fsp3) is 0.118. The van der Waals surface area contributed by atoms with Gasteiger partial charge in [0.2, 0.25) is 0 Å². The summed E-state index contributed by atoms with van der Waals surface area (Å²) in [6.07, 6.45) is 11.6. The molecule has 2 N–H and O–H groups in total. The first-order valence-electron chi connectivity index (χ1n) is 13.1. The van der Waals surface area contributed by atoms with Crippen LogP contribution in [0.25, 0.3) is 36.5 Å². The predicted octanol–water partition coefficient (Wildman–Crippen LogP) is 5.83. The molecule has 0 fully saturated rings. The van der Waals surface area contributed by atoms with E-state index in [9.17, 15) is 14.4 Å². The van der Waals surface area contributed by atoms with Gasteiger partial charge in [-0.3, -0.25) is 9.79 Å². The fourth-order valence-electron chi connectivity index (χ4n) is 3.79. The van der Waals surface area contributed by atoms with E-state index in [0.29, 0.717) is 5.56 Å². The van der Waals surface area contributed by atoms with Gasteiger partial charge < -0.3 is 10.7 Å². The number of hydrogen-bond acceptors (Lipinski definition) is 3. The van der Waals surface area contributed by atoms with Crippen LogP contribution in [0.1, 0.15) is 48.7 Å². The average Bonchev–Trinajstić information content (AvgIpc) is 2.96. The minimum Gasteiger partial charge on any atom is -1.00 e. The summed E-state index contributed by atoms with van der Waals surface area (Å²) in [6, 6.07) is 32.9. The number of benzene rings is 4. The van der Waals surface area contributed by atoms with Gasteiger partial charge in [-0.1, -0.05) is 134 Å². The van der Waals surface area contributed by atoms with Crippen LogP contribution in [-0.2, 0) is 9.30 Å². The van der Waals surface area contributed by atoms with Gasteiger partial charge in [-0.25, -0.2) is 4.57 Å². The Balaban J connectivity index is 0.00000116. The molecule has 0 amide bonds. The third kappa shape index (κ3) is 13.0. The summed E-state index contributed by atoms with van der Waals surface area (Å²) in [5.74, 6) is 0.107. The van der Waals surface area contributed by atoms with E-state index in [4.69, 9.17) is 9.26 Å². The van der Waals surface area contributed by atoms with Crippen LogP contribution in [0.4, 0.5) is 0 Å². The molecule has 0 unspecified atom stereocenters. The Kier molecular flexibility index (Phi) is 16.1. The maximum absolute atomic E-state index is 11.7. The van der Waals surface area contributed by atoms with E-state index in [-0.39, 0.29) is 58.6 Å². The van der Waals surface area contributed by atoms with Gasteiger partial charge in [-0.05, 0) is 47.7 Å². The van der Waals surface area contributed by atoms with E-state index < -0.39 is 7.82 Å². The van der Waals surface area contributed by atoms with E-state index in [2.05, 4.69) is 0 Å². The van der Waals surface area contributed by atoms with Gasteiger partial charge in [0.25, 0.3) is 0 Å². The molecule has 41 heavy (non-hydrogen) atoms. The van der Waals surface area contributed by atoms with Crippen LogP contribution in [0.5, 0.6) is 5.75 Å². The molecule has 0 saturated carbocycles. The van der Waals surface area contributed by atoms with Crippen LogP contribution >= 0.6 is 7.82 Å². The second-order valence-electron chi connectivity index (χ2n) is 8.58. The van der Waals surface area contributed by atoms with E-state index >= 15 is 0 Å². The Morgan fingerprint density at radius 2 is 1.02 bits per heavy atom. The van der Waals surface area contributed by atoms with Gasteiger partial charge in [0.1, 0.15) is 5.75 Å². The molecule has 0 aliphatic carbocycles. The van der Waals surface area contributed by atoms with Gasteiger partial charge in [0.15, 0.2) is 0 Å². The topological polar surface area (TPSA) is 76.0 Å². The third-order valence-electron chi connectivity index (χ3n) is 5.65. The van der Waals surface area contributed by atoms with Crippen molar-refractivity contribution in [3.63, 3.8) is 0 Å².